The van der Waals surface area contributed by atoms with Crippen LogP contribution in [0.1, 0.15) is 28.3 Å². The van der Waals surface area contributed by atoms with E-state index in [9.17, 15) is 9.59 Å². The molecule has 1 aliphatic heterocycles. The number of rotatable bonds is 5. The van der Waals surface area contributed by atoms with Crippen LogP contribution in [-0.2, 0) is 22.6 Å². The number of carboxylic acids is 1. The summed E-state index contributed by atoms with van der Waals surface area (Å²) in [7, 11) is 0. The number of carboxylic acid groups (broad SMARTS) is 1. The molecule has 0 saturated carbocycles. The number of nitrogens with zero attached hydrogens (tertiary/aromatic N) is 4. The summed E-state index contributed by atoms with van der Waals surface area (Å²) >= 11 is 6.45. The Morgan fingerprint density at radius 3 is 2.73 bits per heavy atom. The zero-order chi connectivity index (χ0) is 21.3. The third kappa shape index (κ3) is 3.81. The van der Waals surface area contributed by atoms with Crippen molar-refractivity contribution in [3.63, 3.8) is 0 Å². The maximum atomic E-state index is 12.1. The third-order valence-electron chi connectivity index (χ3n) is 4.76. The number of halogens is 1. The van der Waals surface area contributed by atoms with Gasteiger partial charge in [-0.15, -0.1) is 10.2 Å². The number of carbonyl (C=O) groups is 2. The topological polar surface area (TPSA) is 109 Å². The fourth-order valence-corrected chi connectivity index (χ4v) is 3.67. The molecular weight excluding hydrogens is 406 g/mol. The Balaban J connectivity index is 1.80. The molecule has 0 unspecified atom stereocenters. The van der Waals surface area contributed by atoms with Crippen LogP contribution in [0.15, 0.2) is 47.5 Å². The van der Waals surface area contributed by atoms with Gasteiger partial charge >= 0.3 is 5.97 Å². The molecule has 1 amide bonds. The van der Waals surface area contributed by atoms with E-state index >= 15 is 0 Å². The first kappa shape index (κ1) is 19.8. The first-order valence-electron chi connectivity index (χ1n) is 9.26. The fraction of sp³-hybridized carbons (Fsp3) is 0.190. The Morgan fingerprint density at radius 1 is 1.17 bits per heavy atom. The quantitative estimate of drug-likeness (QED) is 0.654. The Bertz CT molecular complexity index is 1190. The van der Waals surface area contributed by atoms with E-state index < -0.39 is 12.5 Å². The smallest absolute Gasteiger partial charge is 0.322 e. The van der Waals surface area contributed by atoms with Crippen LogP contribution >= 0.6 is 11.6 Å². The van der Waals surface area contributed by atoms with Crippen molar-refractivity contribution in [3.05, 3.63) is 75.8 Å². The van der Waals surface area contributed by atoms with E-state index in [1.54, 1.807) is 6.07 Å². The average molecular weight is 424 g/mol. The molecule has 0 bridgehead atoms. The largest absolute Gasteiger partial charge is 0.480 e. The number of nitrogens with one attached hydrogen (secondary N) is 1. The number of aliphatic imine (C=N–C) groups is 1. The summed E-state index contributed by atoms with van der Waals surface area (Å²) in [4.78, 5) is 27.6. The first-order valence-corrected chi connectivity index (χ1v) is 9.64. The summed E-state index contributed by atoms with van der Waals surface area (Å²) in [6.07, 6.45) is 0.0460. The molecule has 9 heteroatoms. The Hall–Kier alpha value is -3.52. The summed E-state index contributed by atoms with van der Waals surface area (Å²) in [5.41, 5.74) is 3.86. The van der Waals surface area contributed by atoms with Gasteiger partial charge in [0.15, 0.2) is 5.82 Å². The molecule has 2 heterocycles. The minimum Gasteiger partial charge on any atom is -0.480 e. The van der Waals surface area contributed by atoms with Crippen molar-refractivity contribution >= 4 is 29.2 Å². The maximum Gasteiger partial charge on any atom is 0.322 e. The average Bonchev–Trinajstić information content (AvgIpc) is 3.00. The lowest BCUT2D eigenvalue weighted by molar-refractivity contribution is -0.137. The predicted octanol–water partition coefficient (Wildman–Crippen LogP) is 2.32. The van der Waals surface area contributed by atoms with Crippen LogP contribution in [0.25, 0.3) is 5.69 Å². The summed E-state index contributed by atoms with van der Waals surface area (Å²) in [6.45, 7) is 1.79. The number of amides is 1. The van der Waals surface area contributed by atoms with Crippen LogP contribution in [0.4, 0.5) is 0 Å². The molecule has 0 atom stereocenters. The molecule has 4 rings (SSSR count). The lowest BCUT2D eigenvalue weighted by Crippen LogP contribution is -2.30. The van der Waals surface area contributed by atoms with E-state index in [4.69, 9.17) is 21.7 Å². The number of aryl methyl sites for hydroxylation is 1. The summed E-state index contributed by atoms with van der Waals surface area (Å²) in [6, 6.07) is 13.1. The molecule has 0 aliphatic carbocycles. The second-order valence-corrected chi connectivity index (χ2v) is 7.25. The monoisotopic (exact) mass is 423 g/mol. The molecule has 1 aliphatic rings. The van der Waals surface area contributed by atoms with Crippen molar-refractivity contribution in [1.82, 2.24) is 20.1 Å². The van der Waals surface area contributed by atoms with Crippen LogP contribution < -0.4 is 5.32 Å². The minimum atomic E-state index is -1.09. The normalized spacial score (nSPS) is 12.4. The van der Waals surface area contributed by atoms with E-state index in [0.717, 1.165) is 28.2 Å². The highest BCUT2D eigenvalue weighted by molar-refractivity contribution is 6.35. The van der Waals surface area contributed by atoms with Gasteiger partial charge in [-0.3, -0.25) is 19.1 Å². The van der Waals surface area contributed by atoms with Gasteiger partial charge in [-0.25, -0.2) is 0 Å². The molecular formula is C21H18ClN5O3. The van der Waals surface area contributed by atoms with E-state index in [1.165, 1.54) is 0 Å². The number of carbonyl (C=O) groups excluding carboxylic acids is 1. The van der Waals surface area contributed by atoms with E-state index in [-0.39, 0.29) is 12.3 Å². The highest BCUT2D eigenvalue weighted by Crippen LogP contribution is 2.29. The molecule has 0 fully saturated rings. The fourth-order valence-electron chi connectivity index (χ4n) is 3.44. The van der Waals surface area contributed by atoms with Gasteiger partial charge in [-0.2, -0.15) is 0 Å². The van der Waals surface area contributed by atoms with Crippen molar-refractivity contribution < 1.29 is 14.7 Å². The highest BCUT2D eigenvalue weighted by Gasteiger charge is 2.23. The zero-order valence-corrected chi connectivity index (χ0v) is 16.8. The predicted molar refractivity (Wildman–Crippen MR) is 111 cm³/mol. The molecule has 2 aromatic carbocycles. The Kier molecular flexibility index (Phi) is 5.33. The van der Waals surface area contributed by atoms with Crippen molar-refractivity contribution in [1.29, 1.82) is 0 Å². The maximum absolute atomic E-state index is 12.1. The van der Waals surface area contributed by atoms with E-state index in [1.807, 2.05) is 47.9 Å². The van der Waals surface area contributed by atoms with E-state index in [2.05, 4.69) is 15.5 Å². The van der Waals surface area contributed by atoms with Gasteiger partial charge in [0.05, 0.1) is 17.8 Å². The molecule has 0 spiro atoms. The van der Waals surface area contributed by atoms with Gasteiger partial charge in [-0.05, 0) is 30.7 Å². The van der Waals surface area contributed by atoms with Gasteiger partial charge in [0.1, 0.15) is 18.9 Å². The van der Waals surface area contributed by atoms with Crippen molar-refractivity contribution in [2.24, 2.45) is 4.99 Å². The Labute approximate surface area is 177 Å². The molecule has 8 nitrogen and oxygen atoms in total. The highest BCUT2D eigenvalue weighted by atomic mass is 35.5. The zero-order valence-electron chi connectivity index (χ0n) is 16.1. The molecule has 2 N–H and O–H groups in total. The number of benzene rings is 2. The molecule has 152 valence electrons. The summed E-state index contributed by atoms with van der Waals surface area (Å²) in [5.74, 6) is -0.0195. The number of aromatic nitrogens is 3. The second-order valence-electron chi connectivity index (χ2n) is 6.84. The van der Waals surface area contributed by atoms with Crippen molar-refractivity contribution in [2.75, 3.05) is 6.54 Å². The number of fused-ring (bicyclic) bond motifs is 3. The molecule has 0 radical (unpaired) electrons. The van der Waals surface area contributed by atoms with Gasteiger partial charge < -0.3 is 10.4 Å². The third-order valence-corrected chi connectivity index (χ3v) is 5.09. The second kappa shape index (κ2) is 8.08. The van der Waals surface area contributed by atoms with Crippen LogP contribution in [0.3, 0.4) is 0 Å². The number of hydrogen-bond donors (Lipinski definition) is 2. The Morgan fingerprint density at radius 2 is 1.97 bits per heavy atom. The first-order chi connectivity index (χ1) is 14.4. The summed E-state index contributed by atoms with van der Waals surface area (Å²) in [5, 5.41) is 20.1. The van der Waals surface area contributed by atoms with Crippen molar-refractivity contribution in [3.8, 4) is 5.69 Å². The molecule has 0 saturated heterocycles. The van der Waals surface area contributed by atoms with Crippen LogP contribution in [0.2, 0.25) is 5.02 Å². The van der Waals surface area contributed by atoms with Crippen molar-refractivity contribution in [2.45, 2.75) is 19.9 Å². The van der Waals surface area contributed by atoms with Gasteiger partial charge in [0, 0.05) is 16.1 Å². The lowest BCUT2D eigenvalue weighted by Gasteiger charge is -2.15. The number of aliphatic carboxylic acids is 1. The molecule has 1 aromatic heterocycles. The lowest BCUT2D eigenvalue weighted by atomic mass is 9.97. The summed E-state index contributed by atoms with van der Waals surface area (Å²) < 4.78 is 1.94. The van der Waals surface area contributed by atoms with Gasteiger partial charge in [-0.1, -0.05) is 35.9 Å². The van der Waals surface area contributed by atoms with Crippen LogP contribution in [0.5, 0.6) is 0 Å². The SMILES string of the molecule is Cc1nnc2n1-c1ccc(CC(=O)NCC(=O)O)cc1C(c1ccccc1Cl)=NC2. The van der Waals surface area contributed by atoms with Gasteiger partial charge in [0.25, 0.3) is 0 Å². The van der Waals surface area contributed by atoms with E-state index in [0.29, 0.717) is 23.1 Å². The number of hydrogen-bond acceptors (Lipinski definition) is 5. The minimum absolute atomic E-state index is 0.0460. The molecule has 30 heavy (non-hydrogen) atoms. The van der Waals surface area contributed by atoms with Gasteiger partial charge in [0.2, 0.25) is 5.91 Å². The van der Waals surface area contributed by atoms with Crippen LogP contribution in [0, 0.1) is 6.92 Å². The van der Waals surface area contributed by atoms with Crippen LogP contribution in [-0.4, -0.2) is 44.0 Å². The molecule has 3 aromatic rings. The standard InChI is InChI=1S/C21H18ClN5O3/c1-12-25-26-18-10-24-21(14-4-2-3-5-16(14)22)15-8-13(6-7-17(15)27(12)18)9-19(28)23-11-20(29)30/h2-8H,9-11H2,1H3,(H,23,28)(H,29,30).